The fourth-order valence-electron chi connectivity index (χ4n) is 3.88. The third-order valence-corrected chi connectivity index (χ3v) is 7.88. The normalized spacial score (nSPS) is 19.6. The summed E-state index contributed by atoms with van der Waals surface area (Å²) in [6.07, 6.45) is 0.627. The van der Waals surface area contributed by atoms with E-state index >= 15 is 0 Å². The summed E-state index contributed by atoms with van der Waals surface area (Å²) >= 11 is 5.79. The molecule has 0 radical (unpaired) electrons. The molecule has 7 nitrogen and oxygen atoms in total. The molecule has 172 valence electrons. The molecule has 1 aliphatic rings. The molecule has 0 amide bonds. The van der Waals surface area contributed by atoms with Gasteiger partial charge in [0.05, 0.1) is 24.2 Å². The Hall–Kier alpha value is -1.62. The Morgan fingerprint density at radius 1 is 1.23 bits per heavy atom. The molecule has 31 heavy (non-hydrogen) atoms. The number of sulfone groups is 1. The third-order valence-electron chi connectivity index (χ3n) is 5.74. The second-order valence-electron chi connectivity index (χ2n) is 8.96. The summed E-state index contributed by atoms with van der Waals surface area (Å²) in [5.74, 6) is 1.22. The van der Waals surface area contributed by atoms with Crippen molar-refractivity contribution in [2.45, 2.75) is 45.9 Å². The summed E-state index contributed by atoms with van der Waals surface area (Å²) in [6, 6.07) is 6.13. The van der Waals surface area contributed by atoms with Gasteiger partial charge in [0.1, 0.15) is 5.82 Å². The van der Waals surface area contributed by atoms with E-state index in [9.17, 15) is 12.8 Å². The molecule has 3 rings (SSSR count). The first-order valence-corrected chi connectivity index (χ1v) is 12.8. The first-order chi connectivity index (χ1) is 14.5. The predicted octanol–water partition coefficient (Wildman–Crippen LogP) is 3.27. The molecule has 1 aromatic carbocycles. The van der Waals surface area contributed by atoms with E-state index in [1.807, 2.05) is 30.5 Å². The standard InChI is InChI=1S/C21H32FN5O2S2/c1-15(2)12-25(19-10-11-31(28,29)13-19)14-26-21(30)27(18-8-6-17(22)7-9-18)20(23-26)16(3)24(4)5/h6-9,15-16,19H,10-14H2,1-5H3. The van der Waals surface area contributed by atoms with Crippen molar-refractivity contribution in [3.63, 3.8) is 0 Å². The number of aromatic nitrogens is 3. The molecular weight excluding hydrogens is 437 g/mol. The largest absolute Gasteiger partial charge is 0.300 e. The lowest BCUT2D eigenvalue weighted by atomic mass is 10.1. The molecule has 2 heterocycles. The number of rotatable bonds is 8. The van der Waals surface area contributed by atoms with Crippen molar-refractivity contribution in [3.05, 3.63) is 40.7 Å². The summed E-state index contributed by atoms with van der Waals surface area (Å²) in [7, 11) is 0.939. The molecule has 10 heteroatoms. The minimum atomic E-state index is -3.00. The minimum Gasteiger partial charge on any atom is -0.300 e. The maximum atomic E-state index is 13.5. The van der Waals surface area contributed by atoms with E-state index in [-0.39, 0.29) is 29.4 Å². The van der Waals surface area contributed by atoms with Crippen molar-refractivity contribution in [2.24, 2.45) is 5.92 Å². The smallest absolute Gasteiger partial charge is 0.203 e. The second kappa shape index (κ2) is 9.48. The first kappa shape index (κ1) is 24.0. The van der Waals surface area contributed by atoms with E-state index in [1.165, 1.54) is 12.1 Å². The Morgan fingerprint density at radius 2 is 1.87 bits per heavy atom. The number of hydrogen-bond donors (Lipinski definition) is 0. The Kier molecular flexibility index (Phi) is 7.35. The number of hydrogen-bond acceptors (Lipinski definition) is 6. The van der Waals surface area contributed by atoms with Gasteiger partial charge in [0.2, 0.25) is 4.77 Å². The Morgan fingerprint density at radius 3 is 2.39 bits per heavy atom. The van der Waals surface area contributed by atoms with Gasteiger partial charge in [0, 0.05) is 18.3 Å². The van der Waals surface area contributed by atoms with E-state index in [2.05, 4.69) is 18.7 Å². The molecule has 1 fully saturated rings. The minimum absolute atomic E-state index is 0.0292. The summed E-state index contributed by atoms with van der Waals surface area (Å²) in [6.45, 7) is 7.44. The highest BCUT2D eigenvalue weighted by atomic mass is 32.2. The number of halogens is 1. The maximum Gasteiger partial charge on any atom is 0.203 e. The van der Waals surface area contributed by atoms with Crippen LogP contribution in [-0.2, 0) is 16.5 Å². The van der Waals surface area contributed by atoms with Gasteiger partial charge in [0.15, 0.2) is 15.7 Å². The van der Waals surface area contributed by atoms with Gasteiger partial charge in [-0.25, -0.2) is 17.5 Å². The molecular formula is C21H32FN5O2S2. The van der Waals surface area contributed by atoms with E-state index in [0.717, 1.165) is 18.1 Å². The Bertz CT molecular complexity index is 1060. The second-order valence-corrected chi connectivity index (χ2v) is 11.5. The van der Waals surface area contributed by atoms with Crippen LogP contribution < -0.4 is 0 Å². The summed E-state index contributed by atoms with van der Waals surface area (Å²) in [5, 5.41) is 4.83. The molecule has 1 aliphatic heterocycles. The zero-order valence-corrected chi connectivity index (χ0v) is 20.5. The van der Waals surface area contributed by atoms with Gasteiger partial charge < -0.3 is 0 Å². The molecule has 0 bridgehead atoms. The average molecular weight is 470 g/mol. The van der Waals surface area contributed by atoms with Crippen LogP contribution in [-0.4, -0.2) is 70.8 Å². The highest BCUT2D eigenvalue weighted by Crippen LogP contribution is 2.24. The van der Waals surface area contributed by atoms with Gasteiger partial charge in [-0.15, -0.1) is 0 Å². The SMILES string of the molecule is CC(C)CN(Cn1nc(C(C)N(C)C)n(-c2ccc(F)cc2)c1=S)C1CCS(=O)(=O)C1. The lowest BCUT2D eigenvalue weighted by Crippen LogP contribution is -2.40. The third kappa shape index (κ3) is 5.60. The molecule has 0 spiro atoms. The lowest BCUT2D eigenvalue weighted by Gasteiger charge is -2.29. The van der Waals surface area contributed by atoms with Gasteiger partial charge in [-0.2, -0.15) is 5.10 Å². The van der Waals surface area contributed by atoms with Crippen LogP contribution in [0.1, 0.15) is 39.1 Å². The number of nitrogens with zero attached hydrogens (tertiary/aromatic N) is 5. The molecule has 0 saturated carbocycles. The fourth-order valence-corrected chi connectivity index (χ4v) is 5.94. The number of benzene rings is 1. The van der Waals surface area contributed by atoms with Crippen LogP contribution in [0.15, 0.2) is 24.3 Å². The van der Waals surface area contributed by atoms with Crippen LogP contribution >= 0.6 is 12.2 Å². The van der Waals surface area contributed by atoms with Gasteiger partial charge in [-0.1, -0.05) is 13.8 Å². The van der Waals surface area contributed by atoms with Crippen LogP contribution in [0.2, 0.25) is 0 Å². The molecule has 0 N–H and O–H groups in total. The molecule has 2 aromatic rings. The van der Waals surface area contributed by atoms with Crippen LogP contribution in [0.5, 0.6) is 0 Å². The van der Waals surface area contributed by atoms with E-state index in [1.54, 1.807) is 16.8 Å². The average Bonchev–Trinajstić information content (AvgIpc) is 3.20. The Labute approximate surface area is 189 Å². The summed E-state index contributed by atoms with van der Waals surface area (Å²) < 4.78 is 41.8. The van der Waals surface area contributed by atoms with Crippen molar-refractivity contribution >= 4 is 22.1 Å². The van der Waals surface area contributed by atoms with Crippen molar-refractivity contribution in [3.8, 4) is 5.69 Å². The van der Waals surface area contributed by atoms with Crippen molar-refractivity contribution in [1.82, 2.24) is 24.1 Å². The van der Waals surface area contributed by atoms with Crippen molar-refractivity contribution in [1.29, 1.82) is 0 Å². The Balaban J connectivity index is 2.02. The molecule has 0 aliphatic carbocycles. The lowest BCUT2D eigenvalue weighted by molar-refractivity contribution is 0.136. The van der Waals surface area contributed by atoms with Gasteiger partial charge in [-0.3, -0.25) is 14.4 Å². The van der Waals surface area contributed by atoms with E-state index < -0.39 is 9.84 Å². The first-order valence-electron chi connectivity index (χ1n) is 10.5. The van der Waals surface area contributed by atoms with Gasteiger partial charge >= 0.3 is 0 Å². The molecule has 1 aromatic heterocycles. The quantitative estimate of drug-likeness (QED) is 0.553. The van der Waals surface area contributed by atoms with Crippen LogP contribution in [0.25, 0.3) is 5.69 Å². The fraction of sp³-hybridized carbons (Fsp3) is 0.619. The van der Waals surface area contributed by atoms with Crippen LogP contribution in [0.3, 0.4) is 0 Å². The maximum absolute atomic E-state index is 13.5. The molecule has 2 atom stereocenters. The van der Waals surface area contributed by atoms with Crippen molar-refractivity contribution < 1.29 is 12.8 Å². The van der Waals surface area contributed by atoms with E-state index in [0.29, 0.717) is 23.8 Å². The zero-order chi connectivity index (χ0) is 22.9. The summed E-state index contributed by atoms with van der Waals surface area (Å²) in [5.41, 5.74) is 0.750. The van der Waals surface area contributed by atoms with Gasteiger partial charge in [-0.05, 0) is 69.8 Å². The summed E-state index contributed by atoms with van der Waals surface area (Å²) in [4.78, 5) is 4.22. The van der Waals surface area contributed by atoms with Crippen molar-refractivity contribution in [2.75, 3.05) is 32.1 Å². The predicted molar refractivity (Wildman–Crippen MR) is 123 cm³/mol. The van der Waals surface area contributed by atoms with Crippen LogP contribution in [0, 0.1) is 16.5 Å². The zero-order valence-electron chi connectivity index (χ0n) is 18.8. The molecule has 2 unspecified atom stereocenters. The topological polar surface area (TPSA) is 63.4 Å². The highest BCUT2D eigenvalue weighted by Gasteiger charge is 2.33. The van der Waals surface area contributed by atoms with Gasteiger partial charge in [0.25, 0.3) is 0 Å². The molecule has 1 saturated heterocycles. The van der Waals surface area contributed by atoms with E-state index in [4.69, 9.17) is 17.3 Å². The highest BCUT2D eigenvalue weighted by molar-refractivity contribution is 7.91. The monoisotopic (exact) mass is 469 g/mol. The van der Waals surface area contributed by atoms with Crippen LogP contribution in [0.4, 0.5) is 4.39 Å².